The van der Waals surface area contributed by atoms with Crippen LogP contribution in [0.25, 0.3) is 77.8 Å². The van der Waals surface area contributed by atoms with Gasteiger partial charge in [-0.25, -0.2) is 9.97 Å². The highest BCUT2D eigenvalue weighted by atomic mass is 15.1. The molecular weight excluding hydrogens is 693 g/mol. The first kappa shape index (κ1) is 33.8. The molecule has 4 nitrogen and oxygen atoms in total. The van der Waals surface area contributed by atoms with Crippen LogP contribution in [-0.4, -0.2) is 15.0 Å². The van der Waals surface area contributed by atoms with Gasteiger partial charge < -0.3 is 4.90 Å². The third-order valence-corrected chi connectivity index (χ3v) is 10.5. The van der Waals surface area contributed by atoms with Crippen molar-refractivity contribution in [1.82, 2.24) is 15.0 Å². The van der Waals surface area contributed by atoms with Crippen molar-refractivity contribution >= 4 is 38.6 Å². The lowest BCUT2D eigenvalue weighted by Gasteiger charge is -2.28. The van der Waals surface area contributed by atoms with E-state index in [-0.39, 0.29) is 0 Å². The van der Waals surface area contributed by atoms with Crippen LogP contribution in [0, 0.1) is 0 Å². The van der Waals surface area contributed by atoms with Gasteiger partial charge in [0.05, 0.1) is 22.8 Å². The zero-order valence-corrected chi connectivity index (χ0v) is 31.1. The lowest BCUT2D eigenvalue weighted by molar-refractivity contribution is 1.18. The molecule has 0 fully saturated rings. The SMILES string of the molecule is c1ccc(-c2ccc(-c3nc(-c4ccccc4)cc(-c4cnc(-c5ccccc5N(c5ccccc5)c5ccccc5)c5ccc6ccccc6c45)n3)cc2)cc1. The molecule has 0 aliphatic rings. The van der Waals surface area contributed by atoms with Gasteiger partial charge >= 0.3 is 0 Å². The molecule has 10 aromatic rings. The molecule has 2 heterocycles. The van der Waals surface area contributed by atoms with Crippen molar-refractivity contribution in [3.63, 3.8) is 0 Å². The molecule has 57 heavy (non-hydrogen) atoms. The number of hydrogen-bond donors (Lipinski definition) is 0. The van der Waals surface area contributed by atoms with E-state index in [9.17, 15) is 0 Å². The van der Waals surface area contributed by atoms with E-state index < -0.39 is 0 Å². The number of fused-ring (bicyclic) bond motifs is 3. The minimum absolute atomic E-state index is 0.662. The summed E-state index contributed by atoms with van der Waals surface area (Å²) in [5.74, 6) is 0.662. The van der Waals surface area contributed by atoms with Gasteiger partial charge in [0.25, 0.3) is 0 Å². The molecule has 0 aliphatic heterocycles. The molecule has 8 aromatic carbocycles. The fourth-order valence-corrected chi connectivity index (χ4v) is 7.79. The van der Waals surface area contributed by atoms with Crippen LogP contribution < -0.4 is 4.90 Å². The molecule has 0 bridgehead atoms. The van der Waals surface area contributed by atoms with Crippen molar-refractivity contribution in [1.29, 1.82) is 0 Å². The third kappa shape index (κ3) is 6.49. The van der Waals surface area contributed by atoms with E-state index in [1.807, 2.05) is 18.3 Å². The molecule has 4 heteroatoms. The molecule has 0 saturated heterocycles. The van der Waals surface area contributed by atoms with Crippen LogP contribution in [0.3, 0.4) is 0 Å². The zero-order valence-electron chi connectivity index (χ0n) is 31.1. The summed E-state index contributed by atoms with van der Waals surface area (Å²) in [5.41, 5.74) is 12.0. The zero-order chi connectivity index (χ0) is 38.0. The van der Waals surface area contributed by atoms with Crippen molar-refractivity contribution in [3.05, 3.63) is 219 Å². The van der Waals surface area contributed by atoms with Gasteiger partial charge in [-0.15, -0.1) is 0 Å². The van der Waals surface area contributed by atoms with Crippen molar-refractivity contribution < 1.29 is 0 Å². The van der Waals surface area contributed by atoms with E-state index in [1.54, 1.807) is 0 Å². The Bertz CT molecular complexity index is 2950. The summed E-state index contributed by atoms with van der Waals surface area (Å²) in [7, 11) is 0. The van der Waals surface area contributed by atoms with Gasteiger partial charge in [-0.1, -0.05) is 176 Å². The summed E-state index contributed by atoms with van der Waals surface area (Å²) in [5, 5.41) is 4.44. The van der Waals surface area contributed by atoms with Crippen molar-refractivity contribution in [2.24, 2.45) is 0 Å². The molecular formula is C53H36N4. The molecule has 0 N–H and O–H groups in total. The maximum atomic E-state index is 5.35. The Morgan fingerprint density at radius 2 is 0.912 bits per heavy atom. The van der Waals surface area contributed by atoms with Gasteiger partial charge in [0.15, 0.2) is 5.82 Å². The van der Waals surface area contributed by atoms with Crippen LogP contribution in [0.2, 0.25) is 0 Å². The molecule has 268 valence electrons. The third-order valence-electron chi connectivity index (χ3n) is 10.5. The minimum Gasteiger partial charge on any atom is -0.310 e. The molecule has 0 atom stereocenters. The first-order valence-corrected chi connectivity index (χ1v) is 19.2. The Kier molecular flexibility index (Phi) is 8.82. The number of hydrogen-bond acceptors (Lipinski definition) is 4. The molecule has 0 aliphatic carbocycles. The number of benzene rings is 8. The minimum atomic E-state index is 0.662. The molecule has 0 amide bonds. The summed E-state index contributed by atoms with van der Waals surface area (Å²) in [6.45, 7) is 0. The van der Waals surface area contributed by atoms with Gasteiger partial charge in [0.1, 0.15) is 0 Å². The largest absolute Gasteiger partial charge is 0.310 e. The Morgan fingerprint density at radius 3 is 1.61 bits per heavy atom. The number of para-hydroxylation sites is 3. The Morgan fingerprint density at radius 1 is 0.368 bits per heavy atom. The molecule has 0 saturated carbocycles. The number of aromatic nitrogens is 3. The van der Waals surface area contributed by atoms with Crippen molar-refractivity contribution in [2.45, 2.75) is 0 Å². The molecule has 0 radical (unpaired) electrons. The summed E-state index contributed by atoms with van der Waals surface area (Å²) in [6, 6.07) is 74.0. The van der Waals surface area contributed by atoms with Crippen LogP contribution in [0.5, 0.6) is 0 Å². The fourth-order valence-electron chi connectivity index (χ4n) is 7.79. The van der Waals surface area contributed by atoms with Crippen LogP contribution in [0.15, 0.2) is 219 Å². The topological polar surface area (TPSA) is 41.9 Å². The van der Waals surface area contributed by atoms with Gasteiger partial charge in [0, 0.05) is 50.6 Å². The Balaban J connectivity index is 1.19. The van der Waals surface area contributed by atoms with Crippen LogP contribution in [0.4, 0.5) is 17.1 Å². The lowest BCUT2D eigenvalue weighted by Crippen LogP contribution is -2.11. The maximum Gasteiger partial charge on any atom is 0.160 e. The molecule has 0 unspecified atom stereocenters. The fraction of sp³-hybridized carbons (Fsp3) is 0. The highest BCUT2D eigenvalue weighted by Crippen LogP contribution is 2.44. The second-order valence-electron chi connectivity index (χ2n) is 14.0. The summed E-state index contributed by atoms with van der Waals surface area (Å²) >= 11 is 0. The smallest absolute Gasteiger partial charge is 0.160 e. The van der Waals surface area contributed by atoms with E-state index in [4.69, 9.17) is 15.0 Å². The van der Waals surface area contributed by atoms with Gasteiger partial charge in [-0.3, -0.25) is 4.98 Å². The van der Waals surface area contributed by atoms with E-state index in [0.29, 0.717) is 5.82 Å². The summed E-state index contributed by atoms with van der Waals surface area (Å²) < 4.78 is 0. The van der Waals surface area contributed by atoms with E-state index in [1.165, 1.54) is 5.56 Å². The summed E-state index contributed by atoms with van der Waals surface area (Å²) in [4.78, 5) is 18.2. The molecule has 2 aromatic heterocycles. The predicted molar refractivity (Wildman–Crippen MR) is 237 cm³/mol. The normalized spacial score (nSPS) is 11.2. The monoisotopic (exact) mass is 728 g/mol. The standard InChI is InChI=1S/C53H36N4/c1-5-17-37(18-6-1)38-29-31-41(32-30-38)53-55-48(40-20-7-2-8-21-40)35-49(56-53)47-36-54-52(46-34-33-39-19-13-14-26-44(39)51(46)47)45-27-15-16-28-50(45)57(42-22-9-3-10-23-42)43-24-11-4-12-25-43/h1-36H. The van der Waals surface area contributed by atoms with Crippen molar-refractivity contribution in [3.8, 4) is 56.3 Å². The second kappa shape index (κ2) is 14.9. The second-order valence-corrected chi connectivity index (χ2v) is 14.0. The number of pyridine rings is 1. The van der Waals surface area contributed by atoms with E-state index in [0.717, 1.165) is 83.5 Å². The lowest BCUT2D eigenvalue weighted by atomic mass is 9.93. The van der Waals surface area contributed by atoms with Crippen LogP contribution in [0.1, 0.15) is 0 Å². The van der Waals surface area contributed by atoms with Gasteiger partial charge in [0.2, 0.25) is 0 Å². The Labute approximate surface area is 332 Å². The van der Waals surface area contributed by atoms with Crippen LogP contribution in [-0.2, 0) is 0 Å². The molecule has 0 spiro atoms. The first-order chi connectivity index (χ1) is 28.3. The maximum absolute atomic E-state index is 5.35. The highest BCUT2D eigenvalue weighted by Gasteiger charge is 2.22. The van der Waals surface area contributed by atoms with Crippen molar-refractivity contribution in [2.75, 3.05) is 4.90 Å². The quantitative estimate of drug-likeness (QED) is 0.146. The number of rotatable bonds is 8. The Hall–Kier alpha value is -7.69. The van der Waals surface area contributed by atoms with Gasteiger partial charge in [-0.2, -0.15) is 0 Å². The average Bonchev–Trinajstić information content (AvgIpc) is 3.30. The van der Waals surface area contributed by atoms with Crippen LogP contribution >= 0.6 is 0 Å². The van der Waals surface area contributed by atoms with E-state index >= 15 is 0 Å². The first-order valence-electron chi connectivity index (χ1n) is 19.2. The molecule has 10 rings (SSSR count). The highest BCUT2D eigenvalue weighted by molar-refractivity contribution is 6.17. The number of nitrogens with zero attached hydrogens (tertiary/aromatic N) is 4. The van der Waals surface area contributed by atoms with E-state index in [2.05, 4.69) is 205 Å². The van der Waals surface area contributed by atoms with Gasteiger partial charge in [-0.05, 0) is 58.3 Å². The number of anilines is 3. The summed E-state index contributed by atoms with van der Waals surface area (Å²) in [6.07, 6.45) is 2.01. The predicted octanol–water partition coefficient (Wildman–Crippen LogP) is 14.0. The average molecular weight is 729 g/mol.